The monoisotopic (exact) mass is 520 g/mol. The maximum absolute atomic E-state index is 13.1. The SMILES string of the molecule is COc1ccnc(C(=O)N[C@H]2COC[C@H](CCC(C)C)[C@@H](OC3CCCC3)[C@H](C)OC2=O)c1OC(C)=O. The summed E-state index contributed by atoms with van der Waals surface area (Å²) >= 11 is 0. The summed E-state index contributed by atoms with van der Waals surface area (Å²) in [5, 5.41) is 2.63. The second kappa shape index (κ2) is 13.7. The Labute approximate surface area is 218 Å². The van der Waals surface area contributed by atoms with E-state index < -0.39 is 30.0 Å². The van der Waals surface area contributed by atoms with Crippen LogP contribution in [0.3, 0.4) is 0 Å². The molecule has 206 valence electrons. The molecule has 0 spiro atoms. The van der Waals surface area contributed by atoms with Gasteiger partial charge in [-0.25, -0.2) is 9.78 Å². The zero-order valence-electron chi connectivity index (χ0n) is 22.5. The van der Waals surface area contributed by atoms with Gasteiger partial charge in [-0.2, -0.15) is 0 Å². The van der Waals surface area contributed by atoms with Gasteiger partial charge in [0.2, 0.25) is 5.75 Å². The van der Waals surface area contributed by atoms with Crippen molar-refractivity contribution in [2.75, 3.05) is 20.3 Å². The van der Waals surface area contributed by atoms with Crippen LogP contribution < -0.4 is 14.8 Å². The number of aromatic nitrogens is 1. The van der Waals surface area contributed by atoms with Gasteiger partial charge in [0.05, 0.1) is 32.5 Å². The van der Waals surface area contributed by atoms with Gasteiger partial charge in [0, 0.05) is 25.1 Å². The van der Waals surface area contributed by atoms with Crippen molar-refractivity contribution in [1.29, 1.82) is 0 Å². The number of ether oxygens (including phenoxy) is 5. The number of nitrogens with one attached hydrogen (secondary N) is 1. The molecule has 1 aliphatic carbocycles. The van der Waals surface area contributed by atoms with Crippen LogP contribution in [0.1, 0.15) is 76.7 Å². The van der Waals surface area contributed by atoms with Crippen molar-refractivity contribution in [1.82, 2.24) is 10.3 Å². The Bertz CT molecular complexity index is 931. The number of hydrogen-bond acceptors (Lipinski definition) is 9. The summed E-state index contributed by atoms with van der Waals surface area (Å²) in [7, 11) is 1.38. The first-order chi connectivity index (χ1) is 17.7. The lowest BCUT2D eigenvalue weighted by Gasteiger charge is -2.33. The molecule has 2 heterocycles. The van der Waals surface area contributed by atoms with Gasteiger partial charge in [0.1, 0.15) is 6.10 Å². The molecule has 37 heavy (non-hydrogen) atoms. The van der Waals surface area contributed by atoms with E-state index in [-0.39, 0.29) is 41.9 Å². The van der Waals surface area contributed by atoms with Crippen molar-refractivity contribution in [2.24, 2.45) is 11.8 Å². The van der Waals surface area contributed by atoms with Gasteiger partial charge in [-0.15, -0.1) is 0 Å². The average molecular weight is 521 g/mol. The molecule has 1 N–H and O–H groups in total. The average Bonchev–Trinajstić information content (AvgIpc) is 3.37. The predicted molar refractivity (Wildman–Crippen MR) is 134 cm³/mol. The van der Waals surface area contributed by atoms with E-state index in [1.165, 1.54) is 26.3 Å². The van der Waals surface area contributed by atoms with E-state index in [2.05, 4.69) is 24.1 Å². The third-order valence-electron chi connectivity index (χ3n) is 6.75. The molecular weight excluding hydrogens is 480 g/mol. The van der Waals surface area contributed by atoms with Crippen molar-refractivity contribution in [3.8, 4) is 11.5 Å². The number of nitrogens with zero attached hydrogens (tertiary/aromatic N) is 1. The first-order valence-corrected chi connectivity index (χ1v) is 13.2. The number of carbonyl (C=O) groups excluding carboxylic acids is 3. The second-order valence-corrected chi connectivity index (χ2v) is 10.2. The van der Waals surface area contributed by atoms with Crippen LogP contribution in [0.5, 0.6) is 11.5 Å². The summed E-state index contributed by atoms with van der Waals surface area (Å²) in [6.07, 6.45) is 6.87. The van der Waals surface area contributed by atoms with E-state index in [9.17, 15) is 14.4 Å². The Morgan fingerprint density at radius 1 is 1.22 bits per heavy atom. The second-order valence-electron chi connectivity index (χ2n) is 10.2. The molecule has 4 atom stereocenters. The molecule has 2 aliphatic rings. The van der Waals surface area contributed by atoms with E-state index in [0.717, 1.165) is 38.5 Å². The molecule has 0 unspecified atom stereocenters. The molecule has 1 amide bonds. The molecule has 0 bridgehead atoms. The van der Waals surface area contributed by atoms with Crippen LogP contribution >= 0.6 is 0 Å². The van der Waals surface area contributed by atoms with Crippen LogP contribution in [-0.4, -0.2) is 67.5 Å². The molecule has 1 aliphatic heterocycles. The van der Waals surface area contributed by atoms with Crippen molar-refractivity contribution < 1.29 is 38.1 Å². The van der Waals surface area contributed by atoms with E-state index in [4.69, 9.17) is 23.7 Å². The number of esters is 2. The standard InChI is InChI=1S/C27H40N2O8/c1-16(2)10-11-19-14-34-15-21(27(32)35-17(3)24(19)37-20-8-6-7-9-20)29-26(31)23-25(36-18(4)30)22(33-5)12-13-28-23/h12-13,16-17,19-21,24H,6-11,14-15H2,1-5H3,(H,29,31)/t17-,19-,21-,24-/m0/s1. The van der Waals surface area contributed by atoms with Gasteiger partial charge in [-0.1, -0.05) is 33.1 Å². The molecular formula is C27H40N2O8. The maximum Gasteiger partial charge on any atom is 0.331 e. The number of methoxy groups -OCH3 is 1. The lowest BCUT2D eigenvalue weighted by molar-refractivity contribution is -0.164. The van der Waals surface area contributed by atoms with Gasteiger partial charge in [0.15, 0.2) is 17.5 Å². The highest BCUT2D eigenvalue weighted by Crippen LogP contribution is 2.31. The Morgan fingerprint density at radius 3 is 2.59 bits per heavy atom. The van der Waals surface area contributed by atoms with Crippen molar-refractivity contribution in [2.45, 2.75) is 90.6 Å². The van der Waals surface area contributed by atoms with E-state index in [1.807, 2.05) is 6.92 Å². The molecule has 0 radical (unpaired) electrons. The van der Waals surface area contributed by atoms with Gasteiger partial charge in [-0.05, 0) is 32.1 Å². The number of amides is 1. The fourth-order valence-corrected chi connectivity index (χ4v) is 4.80. The quantitative estimate of drug-likeness (QED) is 0.488. The summed E-state index contributed by atoms with van der Waals surface area (Å²) < 4.78 is 28.7. The van der Waals surface area contributed by atoms with Crippen LogP contribution in [0, 0.1) is 11.8 Å². The molecule has 10 heteroatoms. The van der Waals surface area contributed by atoms with Gasteiger partial charge in [-0.3, -0.25) is 9.59 Å². The Kier molecular flexibility index (Phi) is 10.7. The fraction of sp³-hybridized carbons (Fsp3) is 0.704. The minimum atomic E-state index is -1.08. The largest absolute Gasteiger partial charge is 0.493 e. The van der Waals surface area contributed by atoms with E-state index >= 15 is 0 Å². The summed E-state index contributed by atoms with van der Waals surface area (Å²) in [4.78, 5) is 41.9. The molecule has 1 aromatic heterocycles. The summed E-state index contributed by atoms with van der Waals surface area (Å²) in [6, 6.07) is 0.389. The van der Waals surface area contributed by atoms with Gasteiger partial charge < -0.3 is 29.0 Å². The lowest BCUT2D eigenvalue weighted by atomic mass is 9.91. The third kappa shape index (κ3) is 8.13. The topological polar surface area (TPSA) is 122 Å². The number of cyclic esters (lactones) is 1. The third-order valence-corrected chi connectivity index (χ3v) is 6.75. The van der Waals surface area contributed by atoms with Crippen molar-refractivity contribution in [3.05, 3.63) is 18.0 Å². The minimum absolute atomic E-state index is 0.0517. The summed E-state index contributed by atoms with van der Waals surface area (Å²) in [5.41, 5.74) is -0.187. The molecule has 0 aromatic carbocycles. The predicted octanol–water partition coefficient (Wildman–Crippen LogP) is 3.46. The number of pyridine rings is 1. The molecule has 2 fully saturated rings. The molecule has 1 saturated carbocycles. The molecule has 1 aromatic rings. The van der Waals surface area contributed by atoms with Gasteiger partial charge in [0.25, 0.3) is 5.91 Å². The molecule has 3 rings (SSSR count). The molecule has 10 nitrogen and oxygen atoms in total. The highest BCUT2D eigenvalue weighted by molar-refractivity contribution is 5.98. The number of carbonyl (C=O) groups is 3. The first kappa shape index (κ1) is 28.8. The van der Waals surface area contributed by atoms with Crippen LogP contribution in [0.25, 0.3) is 0 Å². The fourth-order valence-electron chi connectivity index (χ4n) is 4.80. The normalized spacial score (nSPS) is 25.1. The van der Waals surface area contributed by atoms with Crippen molar-refractivity contribution in [3.63, 3.8) is 0 Å². The number of rotatable bonds is 9. The van der Waals surface area contributed by atoms with E-state index in [1.54, 1.807) is 0 Å². The highest BCUT2D eigenvalue weighted by Gasteiger charge is 2.37. The maximum atomic E-state index is 13.1. The number of hydrogen-bond donors (Lipinski definition) is 1. The van der Waals surface area contributed by atoms with Crippen LogP contribution in [-0.2, 0) is 23.8 Å². The minimum Gasteiger partial charge on any atom is -0.493 e. The van der Waals surface area contributed by atoms with Gasteiger partial charge >= 0.3 is 11.9 Å². The van der Waals surface area contributed by atoms with Crippen LogP contribution in [0.2, 0.25) is 0 Å². The smallest absolute Gasteiger partial charge is 0.331 e. The zero-order valence-corrected chi connectivity index (χ0v) is 22.5. The van der Waals surface area contributed by atoms with Crippen LogP contribution in [0.15, 0.2) is 12.3 Å². The van der Waals surface area contributed by atoms with Crippen LogP contribution in [0.4, 0.5) is 0 Å². The Balaban J connectivity index is 1.77. The molecule has 1 saturated heterocycles. The Morgan fingerprint density at radius 2 is 1.95 bits per heavy atom. The first-order valence-electron chi connectivity index (χ1n) is 13.2. The summed E-state index contributed by atoms with van der Waals surface area (Å²) in [6.45, 7) is 7.71. The van der Waals surface area contributed by atoms with Crippen molar-refractivity contribution >= 4 is 17.8 Å². The zero-order chi connectivity index (χ0) is 26.9. The van der Waals surface area contributed by atoms with E-state index in [0.29, 0.717) is 12.5 Å². The lowest BCUT2D eigenvalue weighted by Crippen LogP contribution is -2.47. The summed E-state index contributed by atoms with van der Waals surface area (Å²) in [5.74, 6) is -1.37. The Hall–Kier alpha value is -2.72. The highest BCUT2D eigenvalue weighted by atomic mass is 16.6.